The second-order valence-corrected chi connectivity index (χ2v) is 6.04. The lowest BCUT2D eigenvalue weighted by Gasteiger charge is -2.20. The Bertz CT molecular complexity index is 992. The zero-order chi connectivity index (χ0) is 18.7. The molecule has 26 heavy (non-hydrogen) atoms. The smallest absolute Gasteiger partial charge is 0.257 e. The molecule has 1 heterocycles. The van der Waals surface area contributed by atoms with Crippen molar-refractivity contribution in [2.24, 2.45) is 0 Å². The van der Waals surface area contributed by atoms with Crippen molar-refractivity contribution in [1.29, 1.82) is 0 Å². The van der Waals surface area contributed by atoms with Gasteiger partial charge in [0.25, 0.3) is 5.91 Å². The first-order valence-electron chi connectivity index (χ1n) is 8.60. The number of aliphatic hydroxyl groups excluding tert-OH is 1. The first kappa shape index (κ1) is 17.9. The summed E-state index contributed by atoms with van der Waals surface area (Å²) in [6, 6.07) is 14.4. The average molecular weight is 351 g/mol. The van der Waals surface area contributed by atoms with Gasteiger partial charge in [-0.15, -0.1) is 0 Å². The number of benzene rings is 2. The number of hydrogen-bond donors (Lipinski definition) is 1. The maximum atomic E-state index is 12.9. The third-order valence-corrected chi connectivity index (χ3v) is 4.45. The Kier molecular flexibility index (Phi) is 5.19. The van der Waals surface area contributed by atoms with Crippen LogP contribution < -0.4 is 5.43 Å². The summed E-state index contributed by atoms with van der Waals surface area (Å²) < 4.78 is 6.07. The van der Waals surface area contributed by atoms with E-state index in [-0.39, 0.29) is 30.1 Å². The first-order valence-corrected chi connectivity index (χ1v) is 8.60. The lowest BCUT2D eigenvalue weighted by molar-refractivity contribution is 0.0733. The summed E-state index contributed by atoms with van der Waals surface area (Å²) >= 11 is 0. The molecule has 0 aliphatic carbocycles. The van der Waals surface area contributed by atoms with Gasteiger partial charge in [0.15, 0.2) is 11.0 Å². The van der Waals surface area contributed by atoms with Crippen LogP contribution in [-0.2, 0) is 0 Å². The number of carbonyl (C=O) groups is 1. The number of para-hydroxylation sites is 1. The highest BCUT2D eigenvalue weighted by Crippen LogP contribution is 2.27. The van der Waals surface area contributed by atoms with Crippen molar-refractivity contribution in [3.63, 3.8) is 0 Å². The molecule has 0 radical (unpaired) electrons. The van der Waals surface area contributed by atoms with Crippen molar-refractivity contribution in [2.75, 3.05) is 19.7 Å². The molecule has 1 amide bonds. The normalized spacial score (nSPS) is 10.9. The minimum atomic E-state index is -0.266. The molecule has 2 aromatic carbocycles. The molecule has 0 saturated heterocycles. The maximum Gasteiger partial charge on any atom is 0.257 e. The van der Waals surface area contributed by atoms with Gasteiger partial charge in [0, 0.05) is 24.2 Å². The molecule has 0 aliphatic rings. The molecule has 134 valence electrons. The molecule has 5 nitrogen and oxygen atoms in total. The van der Waals surface area contributed by atoms with Crippen molar-refractivity contribution in [3.8, 4) is 11.3 Å². The summed E-state index contributed by atoms with van der Waals surface area (Å²) in [7, 11) is 0. The Morgan fingerprint density at radius 3 is 2.50 bits per heavy atom. The lowest BCUT2D eigenvalue weighted by Crippen LogP contribution is -2.33. The van der Waals surface area contributed by atoms with Crippen LogP contribution >= 0.6 is 0 Å². The summed E-state index contributed by atoms with van der Waals surface area (Å²) in [4.78, 5) is 27.2. The van der Waals surface area contributed by atoms with Gasteiger partial charge in [0.1, 0.15) is 5.76 Å². The molecule has 0 atom stereocenters. The molecule has 0 aliphatic heterocycles. The fourth-order valence-corrected chi connectivity index (χ4v) is 3.04. The largest absolute Gasteiger partial charge is 0.455 e. The van der Waals surface area contributed by atoms with Crippen LogP contribution in [0, 0.1) is 6.92 Å². The first-order chi connectivity index (χ1) is 12.6. The van der Waals surface area contributed by atoms with Crippen LogP contribution in [0.15, 0.2) is 57.7 Å². The van der Waals surface area contributed by atoms with Gasteiger partial charge in [-0.05, 0) is 26.0 Å². The zero-order valence-electron chi connectivity index (χ0n) is 14.9. The predicted octanol–water partition coefficient (Wildman–Crippen LogP) is 3.22. The van der Waals surface area contributed by atoms with Crippen molar-refractivity contribution < 1.29 is 14.3 Å². The second-order valence-electron chi connectivity index (χ2n) is 6.04. The van der Waals surface area contributed by atoms with Crippen LogP contribution in [0.2, 0.25) is 0 Å². The maximum absolute atomic E-state index is 12.9. The van der Waals surface area contributed by atoms with E-state index >= 15 is 0 Å². The number of carbonyl (C=O) groups excluding carboxylic acids is 1. The molecule has 5 heteroatoms. The summed E-state index contributed by atoms with van der Waals surface area (Å²) in [6.07, 6.45) is 0. The SMILES string of the molecule is CCN(CCO)C(=O)c1cccc2c(=O)c(C)c(-c3ccccc3)oc12. The molecule has 3 aromatic rings. The Balaban J connectivity index is 2.25. The molecular formula is C21H21NO4. The number of rotatable bonds is 5. The third kappa shape index (κ3) is 3.13. The third-order valence-electron chi connectivity index (χ3n) is 4.45. The minimum absolute atomic E-state index is 0.122. The zero-order valence-corrected chi connectivity index (χ0v) is 14.9. The number of fused-ring (bicyclic) bond motifs is 1. The number of amides is 1. The standard InChI is InChI=1S/C21H21NO4/c1-3-22(12-13-23)21(25)17-11-7-10-16-18(24)14(2)19(26-20(16)17)15-8-5-4-6-9-15/h4-11,23H,3,12-13H2,1-2H3. The van der Waals surface area contributed by atoms with Gasteiger partial charge >= 0.3 is 0 Å². The molecule has 0 fully saturated rings. The molecular weight excluding hydrogens is 330 g/mol. The highest BCUT2D eigenvalue weighted by atomic mass is 16.3. The van der Waals surface area contributed by atoms with Gasteiger partial charge in [0.2, 0.25) is 0 Å². The molecule has 1 aromatic heterocycles. The predicted molar refractivity (Wildman–Crippen MR) is 101 cm³/mol. The Morgan fingerprint density at radius 1 is 1.12 bits per heavy atom. The summed E-state index contributed by atoms with van der Waals surface area (Å²) in [5.41, 5.74) is 1.75. The molecule has 0 unspecified atom stereocenters. The van der Waals surface area contributed by atoms with E-state index in [1.807, 2.05) is 37.3 Å². The Labute approximate surface area is 151 Å². The number of hydrogen-bond acceptors (Lipinski definition) is 4. The van der Waals surface area contributed by atoms with E-state index in [0.29, 0.717) is 28.8 Å². The molecule has 1 N–H and O–H groups in total. The van der Waals surface area contributed by atoms with E-state index in [0.717, 1.165) is 5.56 Å². The van der Waals surface area contributed by atoms with Crippen LogP contribution in [-0.4, -0.2) is 35.6 Å². The Hall–Kier alpha value is -2.92. The molecule has 3 rings (SSSR count). The van der Waals surface area contributed by atoms with E-state index in [4.69, 9.17) is 4.42 Å². The average Bonchev–Trinajstić information content (AvgIpc) is 2.68. The topological polar surface area (TPSA) is 70.8 Å². The van der Waals surface area contributed by atoms with E-state index in [1.165, 1.54) is 4.90 Å². The van der Waals surface area contributed by atoms with Crippen LogP contribution in [0.1, 0.15) is 22.8 Å². The molecule has 0 saturated carbocycles. The fourth-order valence-electron chi connectivity index (χ4n) is 3.04. The summed E-state index contributed by atoms with van der Waals surface area (Å²) in [6.45, 7) is 4.13. The Morgan fingerprint density at radius 2 is 1.85 bits per heavy atom. The lowest BCUT2D eigenvalue weighted by atomic mass is 10.0. The van der Waals surface area contributed by atoms with Crippen LogP contribution in [0.4, 0.5) is 0 Å². The van der Waals surface area contributed by atoms with E-state index in [9.17, 15) is 14.7 Å². The van der Waals surface area contributed by atoms with Gasteiger partial charge in [0.05, 0.1) is 17.6 Å². The van der Waals surface area contributed by atoms with Gasteiger partial charge in [-0.2, -0.15) is 0 Å². The van der Waals surface area contributed by atoms with Gasteiger partial charge < -0.3 is 14.4 Å². The van der Waals surface area contributed by atoms with Crippen molar-refractivity contribution in [1.82, 2.24) is 4.90 Å². The minimum Gasteiger partial charge on any atom is -0.455 e. The van der Waals surface area contributed by atoms with Crippen molar-refractivity contribution in [2.45, 2.75) is 13.8 Å². The number of aliphatic hydroxyl groups is 1. The highest BCUT2D eigenvalue weighted by Gasteiger charge is 2.21. The quantitative estimate of drug-likeness (QED) is 0.766. The highest BCUT2D eigenvalue weighted by molar-refractivity contribution is 6.05. The van der Waals surface area contributed by atoms with Crippen molar-refractivity contribution >= 4 is 16.9 Å². The number of nitrogens with zero attached hydrogens (tertiary/aromatic N) is 1. The summed E-state index contributed by atoms with van der Waals surface area (Å²) in [5, 5.41) is 9.57. The van der Waals surface area contributed by atoms with E-state index < -0.39 is 0 Å². The summed E-state index contributed by atoms with van der Waals surface area (Å²) in [5.74, 6) is 0.201. The van der Waals surface area contributed by atoms with Crippen LogP contribution in [0.5, 0.6) is 0 Å². The van der Waals surface area contributed by atoms with E-state index in [2.05, 4.69) is 0 Å². The van der Waals surface area contributed by atoms with Crippen molar-refractivity contribution in [3.05, 3.63) is 69.9 Å². The van der Waals surface area contributed by atoms with Crippen LogP contribution in [0.25, 0.3) is 22.3 Å². The van der Waals surface area contributed by atoms with Crippen LogP contribution in [0.3, 0.4) is 0 Å². The van der Waals surface area contributed by atoms with E-state index in [1.54, 1.807) is 25.1 Å². The van der Waals surface area contributed by atoms with Gasteiger partial charge in [-0.1, -0.05) is 36.4 Å². The van der Waals surface area contributed by atoms with Gasteiger partial charge in [-0.3, -0.25) is 9.59 Å². The number of likely N-dealkylation sites (N-methyl/N-ethyl adjacent to an activating group) is 1. The second kappa shape index (κ2) is 7.54. The molecule has 0 bridgehead atoms. The fraction of sp³-hybridized carbons (Fsp3) is 0.238. The monoisotopic (exact) mass is 351 g/mol. The molecule has 0 spiro atoms. The van der Waals surface area contributed by atoms with Gasteiger partial charge in [-0.25, -0.2) is 0 Å².